The first-order valence-electron chi connectivity index (χ1n) is 9.10. The third kappa shape index (κ3) is 7.40. The van der Waals surface area contributed by atoms with Crippen molar-refractivity contribution in [1.82, 2.24) is 9.88 Å². The summed E-state index contributed by atoms with van der Waals surface area (Å²) in [6, 6.07) is 10.5. The lowest BCUT2D eigenvalue weighted by Gasteiger charge is -2.22. The van der Waals surface area contributed by atoms with Crippen LogP contribution < -0.4 is 14.4 Å². The summed E-state index contributed by atoms with van der Waals surface area (Å²) >= 11 is 6.95. The molecule has 0 aliphatic heterocycles. The lowest BCUT2D eigenvalue weighted by atomic mass is 10.3. The molecule has 3 aromatic rings. The van der Waals surface area contributed by atoms with Gasteiger partial charge in [-0.15, -0.1) is 25.6 Å². The lowest BCUT2D eigenvalue weighted by Crippen LogP contribution is -2.39. The molecule has 32 heavy (non-hydrogen) atoms. The Balaban J connectivity index is 0.00000363. The van der Waals surface area contributed by atoms with E-state index in [0.717, 1.165) is 11.3 Å². The number of benzene rings is 2. The number of aromatic nitrogens is 1. The Morgan fingerprint density at radius 1 is 1.09 bits per heavy atom. The van der Waals surface area contributed by atoms with E-state index in [2.05, 4.69) is 9.72 Å². The van der Waals surface area contributed by atoms with Crippen LogP contribution in [-0.4, -0.2) is 55.9 Å². The molecule has 0 saturated heterocycles. The van der Waals surface area contributed by atoms with Crippen LogP contribution in [-0.2, 0) is 4.79 Å². The Kier molecular flexibility index (Phi) is 8.97. The van der Waals surface area contributed by atoms with Gasteiger partial charge in [0.1, 0.15) is 11.5 Å². The van der Waals surface area contributed by atoms with Crippen LogP contribution in [0.3, 0.4) is 0 Å². The number of nitrogens with zero attached hydrogens (tertiary/aromatic N) is 3. The molecular weight excluding hydrogens is 490 g/mol. The highest BCUT2D eigenvalue weighted by atomic mass is 35.5. The second-order valence-corrected chi connectivity index (χ2v) is 8.21. The second-order valence-electron chi connectivity index (χ2n) is 6.77. The van der Waals surface area contributed by atoms with Gasteiger partial charge in [-0.2, -0.15) is 0 Å². The zero-order valence-corrected chi connectivity index (χ0v) is 19.4. The molecule has 174 valence electrons. The van der Waals surface area contributed by atoms with Crippen LogP contribution in [0.1, 0.15) is 0 Å². The van der Waals surface area contributed by atoms with Crippen molar-refractivity contribution in [3.8, 4) is 11.5 Å². The number of halogens is 5. The molecule has 1 amide bonds. The maximum atomic E-state index is 12.9. The minimum Gasteiger partial charge on any atom is -0.484 e. The normalized spacial score (nSPS) is 11.3. The van der Waals surface area contributed by atoms with Gasteiger partial charge in [0, 0.05) is 24.2 Å². The molecule has 0 aliphatic rings. The number of amides is 1. The van der Waals surface area contributed by atoms with Gasteiger partial charge in [0.15, 0.2) is 11.7 Å². The summed E-state index contributed by atoms with van der Waals surface area (Å²) in [5.41, 5.74) is 0.468. The number of fused-ring (bicyclic) bond motifs is 1. The van der Waals surface area contributed by atoms with E-state index in [1.807, 2.05) is 19.0 Å². The number of ether oxygens (including phenoxy) is 2. The predicted molar refractivity (Wildman–Crippen MR) is 121 cm³/mol. The molecule has 0 atom stereocenters. The highest BCUT2D eigenvalue weighted by molar-refractivity contribution is 7.22. The first-order valence-corrected chi connectivity index (χ1v) is 10.3. The van der Waals surface area contributed by atoms with Crippen molar-refractivity contribution in [3.05, 3.63) is 47.5 Å². The number of thiazole rings is 1. The molecule has 6 nitrogen and oxygen atoms in total. The molecule has 0 fully saturated rings. The number of hydrogen-bond acceptors (Lipinski definition) is 6. The molecule has 0 spiro atoms. The molecule has 1 heterocycles. The van der Waals surface area contributed by atoms with Gasteiger partial charge >= 0.3 is 6.36 Å². The van der Waals surface area contributed by atoms with E-state index in [1.165, 1.54) is 23.1 Å². The van der Waals surface area contributed by atoms with E-state index in [9.17, 15) is 18.0 Å². The summed E-state index contributed by atoms with van der Waals surface area (Å²) in [5, 5.41) is 0.917. The summed E-state index contributed by atoms with van der Waals surface area (Å²) < 4.78 is 47.5. The largest absolute Gasteiger partial charge is 0.573 e. The Bertz CT molecular complexity index is 1050. The maximum absolute atomic E-state index is 12.9. The van der Waals surface area contributed by atoms with Crippen molar-refractivity contribution in [2.45, 2.75) is 6.36 Å². The number of anilines is 1. The molecule has 0 bridgehead atoms. The van der Waals surface area contributed by atoms with Crippen LogP contribution in [0.25, 0.3) is 10.2 Å². The smallest absolute Gasteiger partial charge is 0.484 e. The highest BCUT2D eigenvalue weighted by Crippen LogP contribution is 2.33. The molecule has 0 N–H and O–H groups in total. The van der Waals surface area contributed by atoms with E-state index in [4.69, 9.17) is 16.3 Å². The predicted octanol–water partition coefficient (Wildman–Crippen LogP) is 5.24. The fourth-order valence-electron chi connectivity index (χ4n) is 2.59. The molecule has 0 saturated carbocycles. The molecule has 12 heteroatoms. The Labute approximate surface area is 197 Å². The van der Waals surface area contributed by atoms with Gasteiger partial charge in [-0.1, -0.05) is 22.9 Å². The first kappa shape index (κ1) is 26.0. The van der Waals surface area contributed by atoms with Gasteiger partial charge in [-0.3, -0.25) is 9.69 Å². The van der Waals surface area contributed by atoms with Crippen molar-refractivity contribution >= 4 is 56.6 Å². The third-order valence-electron chi connectivity index (χ3n) is 4.06. The van der Waals surface area contributed by atoms with Crippen LogP contribution in [0.15, 0.2) is 42.5 Å². The fraction of sp³-hybridized carbons (Fsp3) is 0.300. The Morgan fingerprint density at radius 2 is 1.75 bits per heavy atom. The monoisotopic (exact) mass is 509 g/mol. The lowest BCUT2D eigenvalue weighted by molar-refractivity contribution is -0.274. The number of likely N-dealkylation sites (N-methyl/N-ethyl adjacent to an activating group) is 1. The summed E-state index contributed by atoms with van der Waals surface area (Å²) in [6.45, 7) is 0.667. The standard InChI is InChI=1S/C20H19ClF3N3O3S.ClH/c1-26(2)9-10-27(18(28)12-29-14-5-3-13(21)4-6-14)19-25-16-8-7-15(11-17(16)31-19)30-20(22,23)24;/h3-8,11H,9-10,12H2,1-2H3;1H. The van der Waals surface area contributed by atoms with Gasteiger partial charge in [0.05, 0.1) is 10.2 Å². The van der Waals surface area contributed by atoms with Gasteiger partial charge in [0.25, 0.3) is 5.91 Å². The number of carbonyl (C=O) groups excluding carboxylic acids is 1. The number of rotatable bonds is 8. The van der Waals surface area contributed by atoms with Crippen molar-refractivity contribution in [2.75, 3.05) is 38.7 Å². The molecule has 0 aliphatic carbocycles. The minimum atomic E-state index is -4.78. The average molecular weight is 510 g/mol. The van der Waals surface area contributed by atoms with Crippen LogP contribution in [0.4, 0.5) is 18.3 Å². The summed E-state index contributed by atoms with van der Waals surface area (Å²) in [4.78, 5) is 20.7. The van der Waals surface area contributed by atoms with Crippen molar-refractivity contribution in [3.63, 3.8) is 0 Å². The van der Waals surface area contributed by atoms with Gasteiger partial charge in [-0.25, -0.2) is 4.98 Å². The SMILES string of the molecule is CN(C)CCN(C(=O)COc1ccc(Cl)cc1)c1nc2ccc(OC(F)(F)F)cc2s1.Cl. The van der Waals surface area contributed by atoms with Crippen LogP contribution in [0, 0.1) is 0 Å². The zero-order chi connectivity index (χ0) is 22.6. The summed E-state index contributed by atoms with van der Waals surface area (Å²) in [5.74, 6) is -0.182. The van der Waals surface area contributed by atoms with Gasteiger partial charge in [-0.05, 0) is 50.5 Å². The number of hydrogen-bond donors (Lipinski definition) is 0. The maximum Gasteiger partial charge on any atom is 0.573 e. The molecule has 1 aromatic heterocycles. The fourth-order valence-corrected chi connectivity index (χ4v) is 3.75. The Hall–Kier alpha value is -2.27. The van der Waals surface area contributed by atoms with Crippen molar-refractivity contribution < 1.29 is 27.4 Å². The molecule has 2 aromatic carbocycles. The molecule has 0 radical (unpaired) electrons. The molecule has 0 unspecified atom stereocenters. The molecular formula is C20H20Cl2F3N3O3S. The highest BCUT2D eigenvalue weighted by Gasteiger charge is 2.31. The number of carbonyl (C=O) groups is 1. The van der Waals surface area contributed by atoms with Crippen LogP contribution >= 0.6 is 35.3 Å². The van der Waals surface area contributed by atoms with E-state index in [-0.39, 0.29) is 30.7 Å². The third-order valence-corrected chi connectivity index (χ3v) is 5.35. The first-order chi connectivity index (χ1) is 14.6. The summed E-state index contributed by atoms with van der Waals surface area (Å²) in [7, 11) is 3.73. The van der Waals surface area contributed by atoms with Gasteiger partial charge in [0.2, 0.25) is 0 Å². The van der Waals surface area contributed by atoms with E-state index < -0.39 is 6.36 Å². The van der Waals surface area contributed by atoms with E-state index in [0.29, 0.717) is 39.2 Å². The summed E-state index contributed by atoms with van der Waals surface area (Å²) in [6.07, 6.45) is -4.78. The van der Waals surface area contributed by atoms with Crippen LogP contribution in [0.2, 0.25) is 5.02 Å². The Morgan fingerprint density at radius 3 is 2.38 bits per heavy atom. The number of alkyl halides is 3. The topological polar surface area (TPSA) is 54.9 Å². The van der Waals surface area contributed by atoms with Crippen molar-refractivity contribution in [2.24, 2.45) is 0 Å². The zero-order valence-electron chi connectivity index (χ0n) is 17.1. The van der Waals surface area contributed by atoms with Gasteiger partial charge < -0.3 is 14.4 Å². The van der Waals surface area contributed by atoms with Crippen molar-refractivity contribution in [1.29, 1.82) is 0 Å². The average Bonchev–Trinajstić information content (AvgIpc) is 3.09. The van der Waals surface area contributed by atoms with E-state index in [1.54, 1.807) is 24.3 Å². The minimum absolute atomic E-state index is 0. The quantitative estimate of drug-likeness (QED) is 0.415. The molecule has 3 rings (SSSR count). The van der Waals surface area contributed by atoms with E-state index >= 15 is 0 Å². The second kappa shape index (κ2) is 11.0. The van der Waals surface area contributed by atoms with Crippen LogP contribution in [0.5, 0.6) is 11.5 Å².